The number of halogens is 1. The Bertz CT molecular complexity index is 432. The summed E-state index contributed by atoms with van der Waals surface area (Å²) in [5.74, 6) is 0.901. The third kappa shape index (κ3) is 4.78. The average molecular weight is 314 g/mol. The van der Waals surface area contributed by atoms with Gasteiger partial charge < -0.3 is 5.32 Å². The Labute approximate surface area is 130 Å². The van der Waals surface area contributed by atoms with Crippen molar-refractivity contribution in [2.75, 3.05) is 0 Å². The van der Waals surface area contributed by atoms with Gasteiger partial charge in [0.1, 0.15) is 0 Å². The summed E-state index contributed by atoms with van der Waals surface area (Å²) < 4.78 is 0.802. The van der Waals surface area contributed by atoms with Crippen LogP contribution in [0.4, 0.5) is 0 Å². The largest absolute Gasteiger partial charge is 0.353 e. The van der Waals surface area contributed by atoms with Gasteiger partial charge in [0.15, 0.2) is 0 Å². The van der Waals surface area contributed by atoms with E-state index in [4.69, 9.17) is 11.6 Å². The van der Waals surface area contributed by atoms with Crippen molar-refractivity contribution in [3.8, 4) is 0 Å². The molecule has 112 valence electrons. The molecule has 1 aromatic rings. The molecule has 1 aliphatic carbocycles. The minimum absolute atomic E-state index is 0.197. The highest BCUT2D eigenvalue weighted by atomic mass is 35.5. The van der Waals surface area contributed by atoms with Crippen LogP contribution < -0.4 is 5.32 Å². The second kappa shape index (κ2) is 8.04. The number of hydrogen-bond donors (Lipinski definition) is 1. The molecular formula is C16H24ClNOS. The zero-order valence-corrected chi connectivity index (χ0v) is 13.7. The van der Waals surface area contributed by atoms with Gasteiger partial charge in [0.2, 0.25) is 5.91 Å². The van der Waals surface area contributed by atoms with E-state index in [1.165, 1.54) is 37.0 Å². The van der Waals surface area contributed by atoms with Crippen molar-refractivity contribution in [3.63, 3.8) is 0 Å². The van der Waals surface area contributed by atoms with Crippen LogP contribution in [0.25, 0.3) is 0 Å². The van der Waals surface area contributed by atoms with E-state index in [-0.39, 0.29) is 5.91 Å². The third-order valence-electron chi connectivity index (χ3n) is 4.16. The molecule has 2 nitrogen and oxygen atoms in total. The molecule has 0 saturated heterocycles. The van der Waals surface area contributed by atoms with E-state index >= 15 is 0 Å². The summed E-state index contributed by atoms with van der Waals surface area (Å²) >= 11 is 7.47. The van der Waals surface area contributed by atoms with Crippen LogP contribution in [0.5, 0.6) is 0 Å². The fraction of sp³-hybridized carbons (Fsp3) is 0.688. The lowest BCUT2D eigenvalue weighted by Gasteiger charge is -2.20. The maximum atomic E-state index is 12.1. The first-order valence-electron chi connectivity index (χ1n) is 7.72. The van der Waals surface area contributed by atoms with Crippen molar-refractivity contribution in [3.05, 3.63) is 21.3 Å². The molecule has 0 spiro atoms. The van der Waals surface area contributed by atoms with Crippen molar-refractivity contribution in [1.82, 2.24) is 5.32 Å². The Morgan fingerprint density at radius 3 is 3.00 bits per heavy atom. The average Bonchev–Trinajstić information content (AvgIpc) is 3.03. The lowest BCUT2D eigenvalue weighted by atomic mass is 9.96. The molecule has 2 unspecified atom stereocenters. The molecule has 0 radical (unpaired) electrons. The summed E-state index contributed by atoms with van der Waals surface area (Å²) in [7, 11) is 0. The molecule has 1 aliphatic rings. The number of unbranched alkanes of at least 4 members (excludes halogenated alkanes) is 1. The third-order valence-corrected chi connectivity index (χ3v) is 5.45. The lowest BCUT2D eigenvalue weighted by molar-refractivity contribution is -0.122. The fourth-order valence-electron chi connectivity index (χ4n) is 3.04. The summed E-state index contributed by atoms with van der Waals surface area (Å²) in [6, 6.07) is 4.33. The molecule has 2 atom stereocenters. The Hall–Kier alpha value is -0.540. The molecule has 0 bridgehead atoms. The summed E-state index contributed by atoms with van der Waals surface area (Å²) in [6.45, 7) is 2.23. The van der Waals surface area contributed by atoms with Gasteiger partial charge in [0.25, 0.3) is 0 Å². The Morgan fingerprint density at radius 1 is 1.45 bits per heavy atom. The minimum atomic E-state index is 0.197. The summed E-state index contributed by atoms with van der Waals surface area (Å²) in [5.41, 5.74) is 0. The monoisotopic (exact) mass is 313 g/mol. The number of aryl methyl sites for hydroxylation is 1. The van der Waals surface area contributed by atoms with Gasteiger partial charge in [-0.3, -0.25) is 4.79 Å². The molecule has 1 saturated carbocycles. The van der Waals surface area contributed by atoms with E-state index in [9.17, 15) is 4.79 Å². The van der Waals surface area contributed by atoms with Crippen LogP contribution in [-0.4, -0.2) is 11.9 Å². The first-order valence-corrected chi connectivity index (χ1v) is 8.92. The Morgan fingerprint density at radius 2 is 2.30 bits per heavy atom. The molecule has 0 aliphatic heterocycles. The highest BCUT2D eigenvalue weighted by Gasteiger charge is 2.27. The summed E-state index contributed by atoms with van der Waals surface area (Å²) in [5, 5.41) is 3.25. The van der Waals surface area contributed by atoms with Crippen molar-refractivity contribution in [1.29, 1.82) is 0 Å². The van der Waals surface area contributed by atoms with Crippen LogP contribution in [0, 0.1) is 5.92 Å². The van der Waals surface area contributed by atoms with Crippen LogP contribution in [0.15, 0.2) is 12.1 Å². The van der Waals surface area contributed by atoms with Crippen molar-refractivity contribution >= 4 is 28.8 Å². The SMILES string of the molecule is CCCCC1CCCC1NC(=O)CCc1ccc(Cl)s1. The zero-order chi connectivity index (χ0) is 14.4. The topological polar surface area (TPSA) is 29.1 Å². The van der Waals surface area contributed by atoms with E-state index in [1.54, 1.807) is 11.3 Å². The first kappa shape index (κ1) is 15.8. The van der Waals surface area contributed by atoms with Crippen LogP contribution in [0.1, 0.15) is 56.7 Å². The van der Waals surface area contributed by atoms with E-state index in [2.05, 4.69) is 12.2 Å². The standard InChI is InChI=1S/C16H24ClNOS/c1-2-3-5-12-6-4-7-14(12)18-16(19)11-9-13-8-10-15(17)20-13/h8,10,12,14H,2-7,9,11H2,1H3,(H,18,19). The van der Waals surface area contributed by atoms with E-state index in [0.29, 0.717) is 18.4 Å². The maximum Gasteiger partial charge on any atom is 0.220 e. The van der Waals surface area contributed by atoms with Gasteiger partial charge in [-0.2, -0.15) is 0 Å². The number of amides is 1. The van der Waals surface area contributed by atoms with Gasteiger partial charge in [-0.05, 0) is 43.7 Å². The van der Waals surface area contributed by atoms with Gasteiger partial charge in [-0.1, -0.05) is 37.8 Å². The van der Waals surface area contributed by atoms with Gasteiger partial charge in [0, 0.05) is 17.3 Å². The van der Waals surface area contributed by atoms with Crippen molar-refractivity contribution in [2.45, 2.75) is 64.3 Å². The predicted molar refractivity (Wildman–Crippen MR) is 86.4 cm³/mol. The maximum absolute atomic E-state index is 12.1. The van der Waals surface area contributed by atoms with E-state index in [1.807, 2.05) is 12.1 Å². The lowest BCUT2D eigenvalue weighted by Crippen LogP contribution is -2.37. The Kier molecular flexibility index (Phi) is 6.37. The van der Waals surface area contributed by atoms with Gasteiger partial charge in [-0.25, -0.2) is 0 Å². The highest BCUT2D eigenvalue weighted by Crippen LogP contribution is 2.30. The van der Waals surface area contributed by atoms with E-state index in [0.717, 1.165) is 17.2 Å². The van der Waals surface area contributed by atoms with Crippen LogP contribution in [0.3, 0.4) is 0 Å². The number of nitrogens with one attached hydrogen (secondary N) is 1. The van der Waals surface area contributed by atoms with Gasteiger partial charge >= 0.3 is 0 Å². The number of rotatable bonds is 7. The fourth-order valence-corrected chi connectivity index (χ4v) is 4.13. The normalized spacial score (nSPS) is 22.1. The first-order chi connectivity index (χ1) is 9.69. The molecule has 4 heteroatoms. The van der Waals surface area contributed by atoms with Crippen LogP contribution in [-0.2, 0) is 11.2 Å². The molecule has 0 aromatic carbocycles. The van der Waals surface area contributed by atoms with Crippen molar-refractivity contribution < 1.29 is 4.79 Å². The van der Waals surface area contributed by atoms with Crippen LogP contribution >= 0.6 is 22.9 Å². The molecular weight excluding hydrogens is 290 g/mol. The quantitative estimate of drug-likeness (QED) is 0.769. The molecule has 1 amide bonds. The second-order valence-electron chi connectivity index (χ2n) is 5.71. The number of thiophene rings is 1. The highest BCUT2D eigenvalue weighted by molar-refractivity contribution is 7.16. The van der Waals surface area contributed by atoms with E-state index < -0.39 is 0 Å². The smallest absolute Gasteiger partial charge is 0.220 e. The predicted octanol–water partition coefficient (Wildman–Crippen LogP) is 4.81. The number of hydrogen-bond acceptors (Lipinski definition) is 2. The zero-order valence-electron chi connectivity index (χ0n) is 12.2. The summed E-state index contributed by atoms with van der Waals surface area (Å²) in [6.07, 6.45) is 8.88. The molecule has 20 heavy (non-hydrogen) atoms. The molecule has 1 N–H and O–H groups in total. The molecule has 1 aromatic heterocycles. The van der Waals surface area contributed by atoms with Gasteiger partial charge in [-0.15, -0.1) is 11.3 Å². The summed E-state index contributed by atoms with van der Waals surface area (Å²) in [4.78, 5) is 13.3. The van der Waals surface area contributed by atoms with Crippen LogP contribution in [0.2, 0.25) is 4.34 Å². The number of carbonyl (C=O) groups excluding carboxylic acids is 1. The van der Waals surface area contributed by atoms with Crippen molar-refractivity contribution in [2.24, 2.45) is 5.92 Å². The molecule has 1 heterocycles. The minimum Gasteiger partial charge on any atom is -0.353 e. The number of carbonyl (C=O) groups is 1. The Balaban J connectivity index is 1.73. The second-order valence-corrected chi connectivity index (χ2v) is 7.51. The van der Waals surface area contributed by atoms with Gasteiger partial charge in [0.05, 0.1) is 4.34 Å². The molecule has 2 rings (SSSR count). The molecule has 1 fully saturated rings.